The molecule has 0 saturated carbocycles. The molecule has 1 amide bonds. The second-order valence-electron chi connectivity index (χ2n) is 6.59. The van der Waals surface area contributed by atoms with Crippen LogP contribution in [0.25, 0.3) is 11.0 Å². The summed E-state index contributed by atoms with van der Waals surface area (Å²) >= 11 is 0. The van der Waals surface area contributed by atoms with Gasteiger partial charge in [0.25, 0.3) is 5.69 Å². The number of aromatic nitrogens is 2. The Morgan fingerprint density at radius 3 is 2.38 bits per heavy atom. The van der Waals surface area contributed by atoms with Crippen molar-refractivity contribution in [1.82, 2.24) is 15.4 Å². The summed E-state index contributed by atoms with van der Waals surface area (Å²) in [5, 5.41) is 14.8. The Kier molecular flexibility index (Phi) is 5.75. The van der Waals surface area contributed by atoms with E-state index in [-0.39, 0.29) is 11.5 Å². The predicted octanol–water partition coefficient (Wildman–Crippen LogP) is 4.04. The number of nitro benzene ring substituents is 1. The third kappa shape index (κ3) is 4.70. The molecule has 4 aromatic rings. The molecule has 2 N–H and O–H groups in total. The molecule has 0 unspecified atom stereocenters. The molecule has 0 aliphatic rings. The first-order chi connectivity index (χ1) is 15.5. The normalized spacial score (nSPS) is 10.9. The van der Waals surface area contributed by atoms with Crippen LogP contribution >= 0.6 is 0 Å². The third-order valence-corrected chi connectivity index (χ3v) is 4.45. The van der Waals surface area contributed by atoms with E-state index in [9.17, 15) is 14.9 Å². The number of H-pyrrole nitrogens is 1. The Labute approximate surface area is 181 Å². The van der Waals surface area contributed by atoms with Gasteiger partial charge in [-0.15, -0.1) is 0 Å². The van der Waals surface area contributed by atoms with E-state index in [2.05, 4.69) is 20.5 Å². The van der Waals surface area contributed by atoms with Crippen molar-refractivity contribution in [3.63, 3.8) is 0 Å². The number of nitro groups is 1. The molecule has 10 heteroatoms. The van der Waals surface area contributed by atoms with Gasteiger partial charge in [0, 0.05) is 12.1 Å². The van der Waals surface area contributed by atoms with Crippen LogP contribution in [0.5, 0.6) is 17.2 Å². The minimum absolute atomic E-state index is 0.000822. The van der Waals surface area contributed by atoms with Gasteiger partial charge in [-0.25, -0.2) is 10.4 Å². The first-order valence-corrected chi connectivity index (χ1v) is 9.41. The van der Waals surface area contributed by atoms with E-state index in [1.54, 1.807) is 43.5 Å². The standard InChI is InChI=1S/C22H17N5O5/c1-31-16-7-9-18(10-8-16)32-17-5-2-14(3-6-17)13-23-26-22(28)21-24-19-11-4-15(27(29)30)12-20(19)25-21/h2-13H,1H3,(H,24,25)(H,26,28)/b23-13+. The van der Waals surface area contributed by atoms with E-state index < -0.39 is 10.8 Å². The van der Waals surface area contributed by atoms with E-state index in [0.29, 0.717) is 22.5 Å². The predicted molar refractivity (Wildman–Crippen MR) is 117 cm³/mol. The lowest BCUT2D eigenvalue weighted by atomic mass is 10.2. The van der Waals surface area contributed by atoms with Gasteiger partial charge in [-0.05, 0) is 60.2 Å². The Hall–Kier alpha value is -4.73. The quantitative estimate of drug-likeness (QED) is 0.258. The minimum atomic E-state index is -0.570. The van der Waals surface area contributed by atoms with E-state index in [1.165, 1.54) is 24.4 Å². The summed E-state index contributed by atoms with van der Waals surface area (Å²) in [6, 6.07) is 18.5. The van der Waals surface area contributed by atoms with Gasteiger partial charge in [-0.1, -0.05) is 0 Å². The lowest BCUT2D eigenvalue weighted by Crippen LogP contribution is -2.19. The Bertz CT molecular complexity index is 1300. The van der Waals surface area contributed by atoms with E-state index in [1.807, 2.05) is 12.1 Å². The highest BCUT2D eigenvalue weighted by molar-refractivity contribution is 5.95. The van der Waals surface area contributed by atoms with E-state index in [4.69, 9.17) is 9.47 Å². The van der Waals surface area contributed by atoms with Crippen LogP contribution in [0.3, 0.4) is 0 Å². The molecule has 1 aromatic heterocycles. The lowest BCUT2D eigenvalue weighted by Gasteiger charge is -2.06. The number of hydrogen-bond acceptors (Lipinski definition) is 7. The molecule has 0 saturated heterocycles. The lowest BCUT2D eigenvalue weighted by molar-refractivity contribution is -0.384. The Morgan fingerprint density at radius 1 is 1.06 bits per heavy atom. The maximum atomic E-state index is 12.2. The van der Waals surface area contributed by atoms with Gasteiger partial charge < -0.3 is 14.5 Å². The van der Waals surface area contributed by atoms with Gasteiger partial charge >= 0.3 is 5.91 Å². The number of hydrogen-bond donors (Lipinski definition) is 2. The van der Waals surface area contributed by atoms with Crippen LogP contribution in [-0.4, -0.2) is 34.1 Å². The second-order valence-corrected chi connectivity index (χ2v) is 6.59. The van der Waals surface area contributed by atoms with E-state index in [0.717, 1.165) is 11.3 Å². The van der Waals surface area contributed by atoms with Crippen molar-refractivity contribution in [2.45, 2.75) is 0 Å². The number of amides is 1. The number of imidazole rings is 1. The summed E-state index contributed by atoms with van der Waals surface area (Å²) in [6.45, 7) is 0. The molecule has 10 nitrogen and oxygen atoms in total. The minimum Gasteiger partial charge on any atom is -0.497 e. The van der Waals surface area contributed by atoms with Gasteiger partial charge in [0.15, 0.2) is 5.82 Å². The van der Waals surface area contributed by atoms with Gasteiger partial charge in [0.1, 0.15) is 17.2 Å². The van der Waals surface area contributed by atoms with Crippen LogP contribution in [-0.2, 0) is 0 Å². The van der Waals surface area contributed by atoms with Crippen LogP contribution in [0.2, 0.25) is 0 Å². The zero-order valence-electron chi connectivity index (χ0n) is 16.8. The molecule has 0 atom stereocenters. The molecule has 0 aliphatic carbocycles. The zero-order chi connectivity index (χ0) is 22.5. The maximum absolute atomic E-state index is 12.2. The highest BCUT2D eigenvalue weighted by Gasteiger charge is 2.13. The van der Waals surface area contributed by atoms with Gasteiger partial charge in [-0.3, -0.25) is 14.9 Å². The first kappa shape index (κ1) is 20.5. The van der Waals surface area contributed by atoms with Gasteiger partial charge in [-0.2, -0.15) is 5.10 Å². The number of hydrazone groups is 1. The largest absolute Gasteiger partial charge is 0.497 e. The molecule has 0 bridgehead atoms. The fourth-order valence-electron chi connectivity index (χ4n) is 2.84. The van der Waals surface area contributed by atoms with Crippen LogP contribution in [0, 0.1) is 10.1 Å². The second kappa shape index (κ2) is 8.96. The zero-order valence-corrected chi connectivity index (χ0v) is 16.8. The number of fused-ring (bicyclic) bond motifs is 1. The number of aromatic amines is 1. The highest BCUT2D eigenvalue weighted by Crippen LogP contribution is 2.24. The number of nitrogens with zero attached hydrogens (tertiary/aromatic N) is 3. The fourth-order valence-corrected chi connectivity index (χ4v) is 2.84. The monoisotopic (exact) mass is 431 g/mol. The van der Waals surface area contributed by atoms with Gasteiger partial charge in [0.05, 0.1) is 29.3 Å². The average Bonchev–Trinajstić information content (AvgIpc) is 3.24. The molecule has 0 radical (unpaired) electrons. The SMILES string of the molecule is COc1ccc(Oc2ccc(/C=N/NC(=O)c3nc4ccc([N+](=O)[O-])cc4[nH]3)cc2)cc1. The number of nitrogens with one attached hydrogen (secondary N) is 2. The van der Waals surface area contributed by atoms with Crippen molar-refractivity contribution >= 4 is 28.8 Å². The molecule has 3 aromatic carbocycles. The van der Waals surface area contributed by atoms with Crippen LogP contribution in [0.15, 0.2) is 71.8 Å². The number of non-ortho nitro benzene ring substituents is 1. The molecule has 0 fully saturated rings. The summed E-state index contributed by atoms with van der Waals surface area (Å²) in [7, 11) is 1.60. The molecule has 32 heavy (non-hydrogen) atoms. The summed E-state index contributed by atoms with van der Waals surface area (Å²) in [4.78, 5) is 29.5. The number of methoxy groups -OCH3 is 1. The fraction of sp³-hybridized carbons (Fsp3) is 0.0455. The summed E-state index contributed by atoms with van der Waals surface area (Å²) in [6.07, 6.45) is 1.47. The smallest absolute Gasteiger partial charge is 0.307 e. The van der Waals surface area contributed by atoms with Crippen molar-refractivity contribution in [2.24, 2.45) is 5.10 Å². The van der Waals surface area contributed by atoms with Crippen molar-refractivity contribution in [1.29, 1.82) is 0 Å². The molecule has 1 heterocycles. The van der Waals surface area contributed by atoms with Crippen molar-refractivity contribution in [2.75, 3.05) is 7.11 Å². The first-order valence-electron chi connectivity index (χ1n) is 9.41. The molecular weight excluding hydrogens is 414 g/mol. The summed E-state index contributed by atoms with van der Waals surface area (Å²) in [5.41, 5.74) is 3.85. The number of carbonyl (C=O) groups excluding carboxylic acids is 1. The van der Waals surface area contributed by atoms with Crippen molar-refractivity contribution in [3.8, 4) is 17.2 Å². The van der Waals surface area contributed by atoms with Crippen LogP contribution in [0.4, 0.5) is 5.69 Å². The maximum Gasteiger partial charge on any atom is 0.307 e. The molecular formula is C22H17N5O5. The molecule has 0 spiro atoms. The average molecular weight is 431 g/mol. The number of ether oxygens (including phenoxy) is 2. The Morgan fingerprint density at radius 2 is 1.72 bits per heavy atom. The summed E-state index contributed by atoms with van der Waals surface area (Å²) in [5.74, 6) is 1.50. The summed E-state index contributed by atoms with van der Waals surface area (Å²) < 4.78 is 10.9. The van der Waals surface area contributed by atoms with E-state index >= 15 is 0 Å². The molecule has 0 aliphatic heterocycles. The molecule has 160 valence electrons. The van der Waals surface area contributed by atoms with Crippen molar-refractivity contribution < 1.29 is 19.2 Å². The number of carbonyl (C=O) groups is 1. The third-order valence-electron chi connectivity index (χ3n) is 4.45. The van der Waals surface area contributed by atoms with Crippen LogP contribution in [0.1, 0.15) is 16.2 Å². The van der Waals surface area contributed by atoms with Gasteiger partial charge in [0.2, 0.25) is 0 Å². The highest BCUT2D eigenvalue weighted by atomic mass is 16.6. The molecule has 4 rings (SSSR count). The topological polar surface area (TPSA) is 132 Å². The number of rotatable bonds is 7. The van der Waals surface area contributed by atoms with Crippen LogP contribution < -0.4 is 14.9 Å². The van der Waals surface area contributed by atoms with Crippen molar-refractivity contribution in [3.05, 3.63) is 88.2 Å². The number of benzene rings is 3. The Balaban J connectivity index is 1.36.